The molecule has 0 spiro atoms. The van der Waals surface area contributed by atoms with Gasteiger partial charge >= 0.3 is 0 Å². The van der Waals surface area contributed by atoms with Crippen molar-refractivity contribution in [1.82, 2.24) is 10.3 Å². The fourth-order valence-corrected chi connectivity index (χ4v) is 2.74. The van der Waals surface area contributed by atoms with Gasteiger partial charge in [-0.2, -0.15) is 0 Å². The van der Waals surface area contributed by atoms with Crippen LogP contribution in [0.2, 0.25) is 5.02 Å². The Kier molecular flexibility index (Phi) is 5.11. The van der Waals surface area contributed by atoms with Crippen LogP contribution in [0, 0.1) is 0 Å². The second-order valence-corrected chi connectivity index (χ2v) is 5.68. The first kappa shape index (κ1) is 15.0. The number of carbonyl (C=O) groups excluding carboxylic acids is 1. The summed E-state index contributed by atoms with van der Waals surface area (Å²) in [6.45, 7) is 2.11. The van der Waals surface area contributed by atoms with Crippen LogP contribution in [0.25, 0.3) is 10.6 Å². The minimum atomic E-state index is -0.426. The van der Waals surface area contributed by atoms with E-state index in [-0.39, 0.29) is 5.91 Å². The molecule has 106 valence electrons. The lowest BCUT2D eigenvalue weighted by Gasteiger charge is -2.04. The Hall–Kier alpha value is -1.43. The topological polar surface area (TPSA) is 62.2 Å². The molecular formula is C14H15ClN2O2S. The Morgan fingerprint density at radius 2 is 2.25 bits per heavy atom. The smallest absolute Gasteiger partial charge is 0.270 e. The first-order chi connectivity index (χ1) is 9.58. The molecule has 1 aromatic heterocycles. The number of rotatable bonds is 5. The SMILES string of the molecule is CC(O)CCNC(=O)c1csc(-c2ccccc2Cl)n1. The van der Waals surface area contributed by atoms with Crippen LogP contribution in [0.15, 0.2) is 29.6 Å². The molecule has 1 atom stereocenters. The third-order valence-corrected chi connectivity index (χ3v) is 3.89. The van der Waals surface area contributed by atoms with Gasteiger partial charge in [0.1, 0.15) is 10.7 Å². The molecule has 2 rings (SSSR count). The molecule has 2 aromatic rings. The highest BCUT2D eigenvalue weighted by atomic mass is 35.5. The van der Waals surface area contributed by atoms with Gasteiger partial charge in [-0.3, -0.25) is 4.79 Å². The van der Waals surface area contributed by atoms with Crippen molar-refractivity contribution < 1.29 is 9.90 Å². The number of carbonyl (C=O) groups is 1. The van der Waals surface area contributed by atoms with Crippen LogP contribution < -0.4 is 5.32 Å². The van der Waals surface area contributed by atoms with Crippen LogP contribution in [0.4, 0.5) is 0 Å². The molecule has 0 aliphatic rings. The molecule has 1 unspecified atom stereocenters. The maximum absolute atomic E-state index is 11.9. The van der Waals surface area contributed by atoms with Crippen LogP contribution in [0.1, 0.15) is 23.8 Å². The molecule has 1 amide bonds. The van der Waals surface area contributed by atoms with Gasteiger partial charge in [-0.1, -0.05) is 29.8 Å². The number of nitrogens with zero attached hydrogens (tertiary/aromatic N) is 1. The van der Waals surface area contributed by atoms with E-state index in [2.05, 4.69) is 10.3 Å². The first-order valence-corrected chi connectivity index (χ1v) is 7.50. The minimum Gasteiger partial charge on any atom is -0.393 e. The Balaban J connectivity index is 2.06. The quantitative estimate of drug-likeness (QED) is 0.892. The predicted molar refractivity (Wildman–Crippen MR) is 81.2 cm³/mol. The second kappa shape index (κ2) is 6.83. The van der Waals surface area contributed by atoms with Crippen LogP contribution in [0.5, 0.6) is 0 Å². The third kappa shape index (κ3) is 3.79. The van der Waals surface area contributed by atoms with E-state index in [0.717, 1.165) is 10.6 Å². The Bertz CT molecular complexity index is 598. The number of aliphatic hydroxyl groups is 1. The van der Waals surface area contributed by atoms with E-state index in [0.29, 0.717) is 23.7 Å². The third-order valence-electron chi connectivity index (χ3n) is 2.69. The molecule has 4 nitrogen and oxygen atoms in total. The van der Waals surface area contributed by atoms with Crippen molar-refractivity contribution in [2.24, 2.45) is 0 Å². The summed E-state index contributed by atoms with van der Waals surface area (Å²) in [5, 5.41) is 14.9. The summed E-state index contributed by atoms with van der Waals surface area (Å²) in [4.78, 5) is 16.2. The molecule has 1 heterocycles. The Morgan fingerprint density at radius 3 is 2.95 bits per heavy atom. The Morgan fingerprint density at radius 1 is 1.50 bits per heavy atom. The lowest BCUT2D eigenvalue weighted by atomic mass is 10.2. The van der Waals surface area contributed by atoms with Gasteiger partial charge < -0.3 is 10.4 Å². The van der Waals surface area contributed by atoms with E-state index in [9.17, 15) is 4.79 Å². The number of halogens is 1. The Labute approximate surface area is 126 Å². The predicted octanol–water partition coefficient (Wildman–Crippen LogP) is 2.96. The standard InChI is InChI=1S/C14H15ClN2O2S/c1-9(18)6-7-16-13(19)12-8-20-14(17-12)10-4-2-3-5-11(10)15/h2-5,8-9,18H,6-7H2,1H3,(H,16,19). The molecule has 1 aromatic carbocycles. The van der Waals surface area contributed by atoms with E-state index in [1.807, 2.05) is 18.2 Å². The lowest BCUT2D eigenvalue weighted by molar-refractivity contribution is 0.0941. The number of nitrogens with one attached hydrogen (secondary N) is 1. The number of thiazole rings is 1. The molecule has 2 N–H and O–H groups in total. The van der Waals surface area contributed by atoms with Crippen molar-refractivity contribution in [3.8, 4) is 10.6 Å². The number of amides is 1. The molecule has 0 bridgehead atoms. The number of benzene rings is 1. The van der Waals surface area contributed by atoms with Gasteiger partial charge in [0.25, 0.3) is 5.91 Å². The van der Waals surface area contributed by atoms with Gasteiger partial charge in [0, 0.05) is 17.5 Å². The minimum absolute atomic E-state index is 0.236. The summed E-state index contributed by atoms with van der Waals surface area (Å²) >= 11 is 7.48. The largest absolute Gasteiger partial charge is 0.393 e. The van der Waals surface area contributed by atoms with Crippen molar-refractivity contribution in [3.05, 3.63) is 40.4 Å². The number of hydrogen-bond acceptors (Lipinski definition) is 4. The first-order valence-electron chi connectivity index (χ1n) is 6.24. The van der Waals surface area contributed by atoms with E-state index in [4.69, 9.17) is 16.7 Å². The molecule has 0 aliphatic carbocycles. The van der Waals surface area contributed by atoms with Gasteiger partial charge in [0.2, 0.25) is 0 Å². The second-order valence-electron chi connectivity index (χ2n) is 4.41. The molecule has 6 heteroatoms. The monoisotopic (exact) mass is 310 g/mol. The highest BCUT2D eigenvalue weighted by molar-refractivity contribution is 7.13. The highest BCUT2D eigenvalue weighted by Gasteiger charge is 2.13. The van der Waals surface area contributed by atoms with Crippen LogP contribution in [-0.4, -0.2) is 28.6 Å². The number of aliphatic hydroxyl groups excluding tert-OH is 1. The van der Waals surface area contributed by atoms with Crippen molar-refractivity contribution in [3.63, 3.8) is 0 Å². The normalized spacial score (nSPS) is 12.2. The van der Waals surface area contributed by atoms with Crippen molar-refractivity contribution in [1.29, 1.82) is 0 Å². The van der Waals surface area contributed by atoms with Crippen LogP contribution in [-0.2, 0) is 0 Å². The molecule has 0 saturated carbocycles. The molecule has 0 aliphatic heterocycles. The average molecular weight is 311 g/mol. The molecule has 0 saturated heterocycles. The molecule has 20 heavy (non-hydrogen) atoms. The summed E-state index contributed by atoms with van der Waals surface area (Å²) in [6, 6.07) is 7.39. The highest BCUT2D eigenvalue weighted by Crippen LogP contribution is 2.29. The van der Waals surface area contributed by atoms with E-state index in [1.54, 1.807) is 18.4 Å². The van der Waals surface area contributed by atoms with E-state index in [1.165, 1.54) is 11.3 Å². The zero-order valence-corrected chi connectivity index (χ0v) is 12.5. The zero-order valence-electron chi connectivity index (χ0n) is 11.0. The number of hydrogen-bond donors (Lipinski definition) is 2. The maximum atomic E-state index is 11.9. The number of aromatic nitrogens is 1. The van der Waals surface area contributed by atoms with Gasteiger partial charge in [-0.25, -0.2) is 4.98 Å². The van der Waals surface area contributed by atoms with Gasteiger partial charge in [-0.05, 0) is 19.4 Å². The zero-order chi connectivity index (χ0) is 14.5. The van der Waals surface area contributed by atoms with Gasteiger partial charge in [0.05, 0.1) is 11.1 Å². The van der Waals surface area contributed by atoms with Crippen LogP contribution in [0.3, 0.4) is 0 Å². The van der Waals surface area contributed by atoms with E-state index < -0.39 is 6.10 Å². The van der Waals surface area contributed by atoms with E-state index >= 15 is 0 Å². The summed E-state index contributed by atoms with van der Waals surface area (Å²) in [5.74, 6) is -0.236. The fourth-order valence-electron chi connectivity index (χ4n) is 1.62. The van der Waals surface area contributed by atoms with Crippen LogP contribution >= 0.6 is 22.9 Å². The summed E-state index contributed by atoms with van der Waals surface area (Å²) in [7, 11) is 0. The average Bonchev–Trinajstić information content (AvgIpc) is 2.88. The van der Waals surface area contributed by atoms with Crippen molar-refractivity contribution in [2.45, 2.75) is 19.4 Å². The van der Waals surface area contributed by atoms with Gasteiger partial charge in [0.15, 0.2) is 0 Å². The van der Waals surface area contributed by atoms with Crippen molar-refractivity contribution in [2.75, 3.05) is 6.54 Å². The molecule has 0 radical (unpaired) electrons. The van der Waals surface area contributed by atoms with Gasteiger partial charge in [-0.15, -0.1) is 11.3 Å². The molecular weight excluding hydrogens is 296 g/mol. The fraction of sp³-hybridized carbons (Fsp3) is 0.286. The summed E-state index contributed by atoms with van der Waals surface area (Å²) in [5.41, 5.74) is 1.19. The summed E-state index contributed by atoms with van der Waals surface area (Å²) in [6.07, 6.45) is 0.0946. The lowest BCUT2D eigenvalue weighted by Crippen LogP contribution is -2.26. The molecule has 0 fully saturated rings. The van der Waals surface area contributed by atoms with Crippen molar-refractivity contribution >= 4 is 28.8 Å². The maximum Gasteiger partial charge on any atom is 0.270 e. The summed E-state index contributed by atoms with van der Waals surface area (Å²) < 4.78 is 0.